The normalized spacial score (nSPS) is 10.3. The highest BCUT2D eigenvalue weighted by atomic mass is 35.5. The van der Waals surface area contributed by atoms with Crippen molar-refractivity contribution < 1.29 is 9.72 Å². The van der Waals surface area contributed by atoms with Crippen molar-refractivity contribution in [2.45, 2.75) is 5.03 Å². The number of anilines is 1. The number of hydrogen-bond acceptors (Lipinski definition) is 5. The number of nitro groups is 1. The van der Waals surface area contributed by atoms with Gasteiger partial charge in [0.1, 0.15) is 6.20 Å². The van der Waals surface area contributed by atoms with Crippen LogP contribution in [-0.4, -0.2) is 21.6 Å². The molecule has 0 saturated carbocycles. The summed E-state index contributed by atoms with van der Waals surface area (Å²) < 4.78 is 0. The molecule has 2 rings (SSSR count). The molecule has 0 bridgehead atoms. The number of carbonyl (C=O) groups is 1. The molecule has 114 valence electrons. The minimum absolute atomic E-state index is 0.0909. The Balaban J connectivity index is 1.92. The Kier molecular flexibility index (Phi) is 5.59. The zero-order valence-electron chi connectivity index (χ0n) is 11.0. The van der Waals surface area contributed by atoms with E-state index in [9.17, 15) is 14.9 Å². The highest BCUT2D eigenvalue weighted by Gasteiger charge is 2.10. The van der Waals surface area contributed by atoms with Crippen molar-refractivity contribution in [2.75, 3.05) is 11.1 Å². The molecular formula is C13H9Cl2N3O3S. The Bertz CT molecular complexity index is 710. The lowest BCUT2D eigenvalue weighted by Crippen LogP contribution is -2.14. The van der Waals surface area contributed by atoms with E-state index in [0.717, 1.165) is 18.0 Å². The number of nitrogens with zero attached hydrogens (tertiary/aromatic N) is 2. The Morgan fingerprint density at radius 3 is 2.73 bits per heavy atom. The van der Waals surface area contributed by atoms with Crippen molar-refractivity contribution >= 4 is 52.2 Å². The summed E-state index contributed by atoms with van der Waals surface area (Å²) in [6.45, 7) is 0. The number of hydrogen-bond donors (Lipinski definition) is 1. The van der Waals surface area contributed by atoms with Gasteiger partial charge in [-0.15, -0.1) is 0 Å². The highest BCUT2D eigenvalue weighted by Crippen LogP contribution is 2.29. The molecule has 0 aliphatic carbocycles. The quantitative estimate of drug-likeness (QED) is 0.496. The van der Waals surface area contributed by atoms with Gasteiger partial charge in [0.15, 0.2) is 0 Å². The molecule has 0 atom stereocenters. The zero-order valence-corrected chi connectivity index (χ0v) is 13.3. The number of aromatic nitrogens is 1. The first-order valence-electron chi connectivity index (χ1n) is 5.94. The van der Waals surface area contributed by atoms with Crippen molar-refractivity contribution in [2.24, 2.45) is 0 Å². The van der Waals surface area contributed by atoms with Gasteiger partial charge in [-0.1, -0.05) is 41.0 Å². The van der Waals surface area contributed by atoms with E-state index in [1.54, 1.807) is 18.2 Å². The molecule has 6 nitrogen and oxygen atoms in total. The van der Waals surface area contributed by atoms with E-state index >= 15 is 0 Å². The Morgan fingerprint density at radius 2 is 2.09 bits per heavy atom. The topological polar surface area (TPSA) is 85.1 Å². The smallest absolute Gasteiger partial charge is 0.287 e. The Hall–Kier alpha value is -1.83. The average molecular weight is 358 g/mol. The number of nitrogens with one attached hydrogen (secondary N) is 1. The first-order chi connectivity index (χ1) is 10.5. The van der Waals surface area contributed by atoms with E-state index in [4.69, 9.17) is 23.2 Å². The summed E-state index contributed by atoms with van der Waals surface area (Å²) in [7, 11) is 0. The molecule has 0 aliphatic heterocycles. The number of benzene rings is 1. The first-order valence-corrected chi connectivity index (χ1v) is 7.68. The summed E-state index contributed by atoms with van der Waals surface area (Å²) in [6, 6.07) is 7.76. The molecule has 0 unspecified atom stereocenters. The number of carbonyl (C=O) groups excluding carboxylic acids is 1. The largest absolute Gasteiger partial charge is 0.324 e. The van der Waals surface area contributed by atoms with E-state index in [1.807, 2.05) is 0 Å². The van der Waals surface area contributed by atoms with Gasteiger partial charge in [-0.05, 0) is 18.2 Å². The van der Waals surface area contributed by atoms with Crippen LogP contribution in [0.3, 0.4) is 0 Å². The van der Waals surface area contributed by atoms with Gasteiger partial charge < -0.3 is 5.32 Å². The minimum atomic E-state index is -0.532. The van der Waals surface area contributed by atoms with Crippen molar-refractivity contribution in [1.29, 1.82) is 0 Å². The SMILES string of the molecule is O=C(CSc1ccc([N+](=O)[O-])cn1)Nc1cccc(Cl)c1Cl. The summed E-state index contributed by atoms with van der Waals surface area (Å²) >= 11 is 13.0. The molecule has 0 radical (unpaired) electrons. The summed E-state index contributed by atoms with van der Waals surface area (Å²) in [5, 5.41) is 14.3. The maximum absolute atomic E-state index is 11.9. The van der Waals surface area contributed by atoms with Crippen LogP contribution in [0.15, 0.2) is 41.6 Å². The molecule has 22 heavy (non-hydrogen) atoms. The number of pyridine rings is 1. The van der Waals surface area contributed by atoms with Crippen LogP contribution in [0, 0.1) is 10.1 Å². The van der Waals surface area contributed by atoms with Gasteiger partial charge in [0.2, 0.25) is 5.91 Å². The van der Waals surface area contributed by atoms with Gasteiger partial charge >= 0.3 is 0 Å². The number of amides is 1. The third-order valence-corrected chi connectivity index (χ3v) is 4.27. The molecular weight excluding hydrogens is 349 g/mol. The fourth-order valence-electron chi connectivity index (χ4n) is 1.49. The predicted octanol–water partition coefficient (Wildman–Crippen LogP) is 4.03. The molecule has 0 aliphatic rings. The molecule has 0 spiro atoms. The number of thioether (sulfide) groups is 1. The van der Waals surface area contributed by atoms with E-state index in [0.29, 0.717) is 15.7 Å². The molecule has 1 N–H and O–H groups in total. The summed E-state index contributed by atoms with van der Waals surface area (Å²) in [4.78, 5) is 25.7. The van der Waals surface area contributed by atoms with Crippen molar-refractivity contribution in [1.82, 2.24) is 4.98 Å². The number of halogens is 2. The van der Waals surface area contributed by atoms with Crippen LogP contribution < -0.4 is 5.32 Å². The van der Waals surface area contributed by atoms with Crippen LogP contribution >= 0.6 is 35.0 Å². The predicted molar refractivity (Wildman–Crippen MR) is 86.7 cm³/mol. The zero-order chi connectivity index (χ0) is 16.1. The maximum atomic E-state index is 11.9. The molecule has 1 aromatic heterocycles. The Morgan fingerprint density at radius 1 is 1.32 bits per heavy atom. The standard InChI is InChI=1S/C13H9Cl2N3O3S/c14-9-2-1-3-10(13(9)15)17-11(19)7-22-12-5-4-8(6-16-12)18(20)21/h1-6H,7H2,(H,17,19). The lowest BCUT2D eigenvalue weighted by atomic mass is 10.3. The lowest BCUT2D eigenvalue weighted by Gasteiger charge is -2.07. The summed E-state index contributed by atoms with van der Waals surface area (Å²) in [5.74, 6) is -0.192. The van der Waals surface area contributed by atoms with Crippen LogP contribution in [0.1, 0.15) is 0 Å². The second-order valence-electron chi connectivity index (χ2n) is 4.05. The van der Waals surface area contributed by atoms with Gasteiger partial charge in [-0.25, -0.2) is 4.98 Å². The molecule has 0 fully saturated rings. The van der Waals surface area contributed by atoms with Gasteiger partial charge in [0, 0.05) is 6.07 Å². The van der Waals surface area contributed by atoms with Crippen LogP contribution in [0.2, 0.25) is 10.0 Å². The van der Waals surface area contributed by atoms with Gasteiger partial charge in [0.05, 0.1) is 31.4 Å². The molecule has 0 saturated heterocycles. The van der Waals surface area contributed by atoms with Crippen molar-refractivity contribution in [3.05, 3.63) is 56.7 Å². The average Bonchev–Trinajstić information content (AvgIpc) is 2.50. The van der Waals surface area contributed by atoms with Crippen molar-refractivity contribution in [3.8, 4) is 0 Å². The fraction of sp³-hybridized carbons (Fsp3) is 0.0769. The molecule has 9 heteroatoms. The second kappa shape index (κ2) is 7.44. The molecule has 1 amide bonds. The van der Waals surface area contributed by atoms with E-state index < -0.39 is 4.92 Å². The van der Waals surface area contributed by atoms with E-state index in [-0.39, 0.29) is 22.4 Å². The van der Waals surface area contributed by atoms with Crippen LogP contribution in [0.5, 0.6) is 0 Å². The Labute approximate surface area is 140 Å². The maximum Gasteiger partial charge on any atom is 0.287 e. The minimum Gasteiger partial charge on any atom is -0.324 e. The monoisotopic (exact) mass is 357 g/mol. The van der Waals surface area contributed by atoms with Gasteiger partial charge in [0.25, 0.3) is 5.69 Å². The molecule has 1 heterocycles. The van der Waals surface area contributed by atoms with Gasteiger partial charge in [-0.2, -0.15) is 0 Å². The van der Waals surface area contributed by atoms with Crippen LogP contribution in [0.4, 0.5) is 11.4 Å². The lowest BCUT2D eigenvalue weighted by molar-refractivity contribution is -0.385. The molecule has 2 aromatic rings. The van der Waals surface area contributed by atoms with E-state index in [1.165, 1.54) is 12.1 Å². The van der Waals surface area contributed by atoms with Crippen molar-refractivity contribution in [3.63, 3.8) is 0 Å². The highest BCUT2D eigenvalue weighted by molar-refractivity contribution is 7.99. The van der Waals surface area contributed by atoms with Crippen LogP contribution in [-0.2, 0) is 4.79 Å². The molecule has 1 aromatic carbocycles. The second-order valence-corrected chi connectivity index (χ2v) is 5.83. The number of rotatable bonds is 5. The van der Waals surface area contributed by atoms with Crippen LogP contribution in [0.25, 0.3) is 0 Å². The fourth-order valence-corrected chi connectivity index (χ4v) is 2.48. The first kappa shape index (κ1) is 16.5. The summed E-state index contributed by atoms with van der Waals surface area (Å²) in [5.41, 5.74) is 0.330. The summed E-state index contributed by atoms with van der Waals surface area (Å²) in [6.07, 6.45) is 1.15. The van der Waals surface area contributed by atoms with E-state index in [2.05, 4.69) is 10.3 Å². The third kappa shape index (κ3) is 4.33. The third-order valence-electron chi connectivity index (χ3n) is 2.51. The van der Waals surface area contributed by atoms with Gasteiger partial charge in [-0.3, -0.25) is 14.9 Å².